The van der Waals surface area contributed by atoms with Crippen molar-refractivity contribution in [3.05, 3.63) is 59.4 Å². The second-order valence-electron chi connectivity index (χ2n) is 9.39. The van der Waals surface area contributed by atoms with Crippen LogP contribution in [0.25, 0.3) is 11.0 Å². The van der Waals surface area contributed by atoms with Gasteiger partial charge in [0.2, 0.25) is 0 Å². The van der Waals surface area contributed by atoms with E-state index < -0.39 is 5.91 Å². The van der Waals surface area contributed by atoms with E-state index in [1.165, 1.54) is 11.3 Å². The number of anilines is 1. The number of para-hydroxylation sites is 1. The predicted molar refractivity (Wildman–Crippen MR) is 129 cm³/mol. The van der Waals surface area contributed by atoms with Crippen molar-refractivity contribution in [1.29, 1.82) is 0 Å². The van der Waals surface area contributed by atoms with Crippen LogP contribution in [-0.4, -0.2) is 30.8 Å². The molecular formula is C26H31N3O3. The molecule has 32 heavy (non-hydrogen) atoms. The van der Waals surface area contributed by atoms with Crippen molar-refractivity contribution in [2.75, 3.05) is 12.0 Å². The fourth-order valence-corrected chi connectivity index (χ4v) is 5.06. The molecule has 1 unspecified atom stereocenters. The summed E-state index contributed by atoms with van der Waals surface area (Å²) in [5.74, 6) is 0.824. The van der Waals surface area contributed by atoms with E-state index in [0.29, 0.717) is 23.3 Å². The lowest BCUT2D eigenvalue weighted by molar-refractivity contribution is 0.0929. The number of ether oxygens (including phenoxy) is 1. The summed E-state index contributed by atoms with van der Waals surface area (Å²) in [6.45, 7) is 11.4. The van der Waals surface area contributed by atoms with Crippen LogP contribution in [0.1, 0.15) is 68.6 Å². The van der Waals surface area contributed by atoms with E-state index in [1.54, 1.807) is 25.5 Å². The number of amides is 1. The van der Waals surface area contributed by atoms with Crippen LogP contribution in [0.15, 0.2) is 52.0 Å². The largest absolute Gasteiger partial charge is 0.493 e. The molecule has 1 N–H and O–H groups in total. The summed E-state index contributed by atoms with van der Waals surface area (Å²) >= 11 is 0. The van der Waals surface area contributed by atoms with Gasteiger partial charge in [0, 0.05) is 22.7 Å². The maximum Gasteiger partial charge on any atom is 0.307 e. The second kappa shape index (κ2) is 8.34. The summed E-state index contributed by atoms with van der Waals surface area (Å²) in [5.41, 5.74) is 6.77. The standard InChI is InChI=1S/C26H31N3O3/c1-16(2)29-21-11-10-18(12-20(21)17(3)14-26(29,4)5)15-27-28-25(30)23-13-19-8-7-9-22(31-6)24(19)32-23/h7-13,15-17H,14H2,1-6H3,(H,28,30)/b27-15+. The summed E-state index contributed by atoms with van der Waals surface area (Å²) in [5, 5.41) is 4.96. The van der Waals surface area contributed by atoms with Crippen LogP contribution in [0.4, 0.5) is 5.69 Å². The highest BCUT2D eigenvalue weighted by atomic mass is 16.5. The number of rotatable bonds is 5. The zero-order chi connectivity index (χ0) is 23.0. The lowest BCUT2D eigenvalue weighted by Crippen LogP contribution is -2.51. The van der Waals surface area contributed by atoms with Gasteiger partial charge in [0.1, 0.15) is 0 Å². The molecule has 0 spiro atoms. The monoisotopic (exact) mass is 433 g/mol. The maximum atomic E-state index is 12.5. The van der Waals surface area contributed by atoms with Crippen molar-refractivity contribution in [3.63, 3.8) is 0 Å². The summed E-state index contributed by atoms with van der Waals surface area (Å²) in [4.78, 5) is 15.0. The number of hydrogen-bond acceptors (Lipinski definition) is 5. The number of furan rings is 1. The number of methoxy groups -OCH3 is 1. The third kappa shape index (κ3) is 3.97. The minimum absolute atomic E-state index is 0.111. The Kier molecular flexibility index (Phi) is 5.71. The molecule has 1 aliphatic rings. The Labute approximate surface area is 189 Å². The molecule has 0 fully saturated rings. The van der Waals surface area contributed by atoms with Crippen LogP contribution in [0.5, 0.6) is 5.75 Å². The first kappa shape index (κ1) is 21.9. The zero-order valence-electron chi connectivity index (χ0n) is 19.6. The summed E-state index contributed by atoms with van der Waals surface area (Å²) in [7, 11) is 1.57. The average Bonchev–Trinajstić information content (AvgIpc) is 3.17. The number of carbonyl (C=O) groups is 1. The molecule has 0 saturated heterocycles. The van der Waals surface area contributed by atoms with Gasteiger partial charge in [-0.1, -0.05) is 25.1 Å². The molecule has 1 amide bonds. The van der Waals surface area contributed by atoms with Gasteiger partial charge in [0.05, 0.1) is 13.3 Å². The van der Waals surface area contributed by atoms with Gasteiger partial charge in [-0.15, -0.1) is 0 Å². The van der Waals surface area contributed by atoms with Crippen molar-refractivity contribution >= 4 is 28.8 Å². The van der Waals surface area contributed by atoms with Crippen molar-refractivity contribution in [1.82, 2.24) is 5.43 Å². The number of fused-ring (bicyclic) bond motifs is 2. The quantitative estimate of drug-likeness (QED) is 0.414. The lowest BCUT2D eigenvalue weighted by Gasteiger charge is -2.50. The van der Waals surface area contributed by atoms with E-state index in [-0.39, 0.29) is 11.3 Å². The molecule has 1 aromatic heterocycles. The summed E-state index contributed by atoms with van der Waals surface area (Å²) < 4.78 is 11.0. The van der Waals surface area contributed by atoms with Gasteiger partial charge in [-0.25, -0.2) is 5.43 Å². The van der Waals surface area contributed by atoms with Gasteiger partial charge in [-0.3, -0.25) is 4.79 Å². The Balaban J connectivity index is 1.52. The van der Waals surface area contributed by atoms with Crippen LogP contribution in [0.3, 0.4) is 0 Å². The van der Waals surface area contributed by atoms with E-state index in [2.05, 4.69) is 62.2 Å². The maximum absolute atomic E-state index is 12.5. The third-order valence-corrected chi connectivity index (χ3v) is 6.15. The molecule has 1 aliphatic heterocycles. The highest BCUT2D eigenvalue weighted by Crippen LogP contribution is 2.44. The number of carbonyl (C=O) groups excluding carboxylic acids is 1. The number of nitrogens with zero attached hydrogens (tertiary/aromatic N) is 2. The summed E-state index contributed by atoms with van der Waals surface area (Å²) in [6.07, 6.45) is 2.76. The number of nitrogens with one attached hydrogen (secondary N) is 1. The van der Waals surface area contributed by atoms with E-state index in [1.807, 2.05) is 18.2 Å². The Bertz CT molecular complexity index is 1180. The van der Waals surface area contributed by atoms with Gasteiger partial charge in [-0.05, 0) is 75.4 Å². The summed E-state index contributed by atoms with van der Waals surface area (Å²) in [6, 6.07) is 14.0. The van der Waals surface area contributed by atoms with Gasteiger partial charge in [-0.2, -0.15) is 5.10 Å². The lowest BCUT2D eigenvalue weighted by atomic mass is 9.79. The topological polar surface area (TPSA) is 67.1 Å². The minimum atomic E-state index is -0.404. The molecule has 3 aromatic rings. The molecule has 6 heteroatoms. The number of benzene rings is 2. The zero-order valence-corrected chi connectivity index (χ0v) is 19.6. The molecule has 0 saturated carbocycles. The molecule has 168 valence electrons. The molecule has 0 bridgehead atoms. The molecule has 6 nitrogen and oxygen atoms in total. The molecule has 1 atom stereocenters. The van der Waals surface area contributed by atoms with Crippen molar-refractivity contribution in [3.8, 4) is 5.75 Å². The molecular weight excluding hydrogens is 402 g/mol. The smallest absolute Gasteiger partial charge is 0.307 e. The van der Waals surface area contributed by atoms with Gasteiger partial charge in [0.15, 0.2) is 17.1 Å². The molecule has 0 radical (unpaired) electrons. The predicted octanol–water partition coefficient (Wildman–Crippen LogP) is 5.71. The first-order chi connectivity index (χ1) is 15.2. The highest BCUT2D eigenvalue weighted by Gasteiger charge is 2.37. The Hall–Kier alpha value is -3.28. The van der Waals surface area contributed by atoms with Gasteiger partial charge >= 0.3 is 5.91 Å². The van der Waals surface area contributed by atoms with Crippen LogP contribution in [-0.2, 0) is 0 Å². The van der Waals surface area contributed by atoms with Gasteiger partial charge < -0.3 is 14.1 Å². The van der Waals surface area contributed by atoms with Crippen LogP contribution < -0.4 is 15.1 Å². The fraction of sp³-hybridized carbons (Fsp3) is 0.385. The first-order valence-electron chi connectivity index (χ1n) is 11.0. The highest BCUT2D eigenvalue weighted by molar-refractivity contribution is 5.97. The van der Waals surface area contributed by atoms with Crippen molar-refractivity contribution in [2.45, 2.75) is 58.5 Å². The van der Waals surface area contributed by atoms with Crippen LogP contribution >= 0.6 is 0 Å². The second-order valence-corrected chi connectivity index (χ2v) is 9.39. The number of hydrazone groups is 1. The van der Waals surface area contributed by atoms with Gasteiger partial charge in [0.25, 0.3) is 0 Å². The Morgan fingerprint density at radius 3 is 2.78 bits per heavy atom. The Morgan fingerprint density at radius 2 is 2.06 bits per heavy atom. The molecule has 0 aliphatic carbocycles. The van der Waals surface area contributed by atoms with Crippen molar-refractivity contribution in [2.24, 2.45) is 5.10 Å². The van der Waals surface area contributed by atoms with E-state index >= 15 is 0 Å². The number of hydrogen-bond donors (Lipinski definition) is 1. The average molecular weight is 434 g/mol. The van der Waals surface area contributed by atoms with E-state index in [9.17, 15) is 4.79 Å². The van der Waals surface area contributed by atoms with Crippen molar-refractivity contribution < 1.29 is 13.9 Å². The Morgan fingerprint density at radius 1 is 1.28 bits per heavy atom. The minimum Gasteiger partial charge on any atom is -0.493 e. The third-order valence-electron chi connectivity index (χ3n) is 6.15. The molecule has 4 rings (SSSR count). The first-order valence-corrected chi connectivity index (χ1v) is 11.0. The van der Waals surface area contributed by atoms with E-state index in [0.717, 1.165) is 17.4 Å². The SMILES string of the molecule is COc1cccc2cc(C(=O)N/N=C/c3ccc4c(c3)C(C)CC(C)(C)N4C(C)C)oc12. The normalized spacial score (nSPS) is 17.7. The molecule has 2 aromatic carbocycles. The fourth-order valence-electron chi connectivity index (χ4n) is 5.06. The molecule has 2 heterocycles. The van der Waals surface area contributed by atoms with E-state index in [4.69, 9.17) is 9.15 Å². The van der Waals surface area contributed by atoms with Crippen LogP contribution in [0, 0.1) is 0 Å². The van der Waals surface area contributed by atoms with Crippen LogP contribution in [0.2, 0.25) is 0 Å².